The van der Waals surface area contributed by atoms with Crippen molar-refractivity contribution in [1.82, 2.24) is 14.1 Å². The molecule has 2 heterocycles. The zero-order chi connectivity index (χ0) is 18.9. The van der Waals surface area contributed by atoms with E-state index in [1.807, 2.05) is 50.4 Å². The number of aromatic nitrogens is 3. The maximum absolute atomic E-state index is 12.9. The normalized spacial score (nSPS) is 13.3. The van der Waals surface area contributed by atoms with Gasteiger partial charge in [0.2, 0.25) is 0 Å². The Labute approximate surface area is 153 Å². The van der Waals surface area contributed by atoms with Crippen LogP contribution >= 0.6 is 0 Å². The van der Waals surface area contributed by atoms with E-state index in [0.717, 1.165) is 30.2 Å². The molecule has 138 valence electrons. The first-order chi connectivity index (χ1) is 12.3. The Bertz CT molecular complexity index is 963. The van der Waals surface area contributed by atoms with E-state index in [1.165, 1.54) is 0 Å². The molecule has 1 unspecified atom stereocenters. The number of aliphatic hydroxyl groups is 1. The van der Waals surface area contributed by atoms with Crippen molar-refractivity contribution in [3.05, 3.63) is 53.1 Å². The van der Waals surface area contributed by atoms with Crippen molar-refractivity contribution in [3.8, 4) is 11.4 Å². The Morgan fingerprint density at radius 2 is 2.00 bits per heavy atom. The molecule has 0 aliphatic heterocycles. The summed E-state index contributed by atoms with van der Waals surface area (Å²) in [5.74, 6) is 0.701. The highest BCUT2D eigenvalue weighted by Gasteiger charge is 2.18. The quantitative estimate of drug-likeness (QED) is 0.731. The molecule has 5 nitrogen and oxygen atoms in total. The molecule has 0 saturated carbocycles. The van der Waals surface area contributed by atoms with E-state index >= 15 is 0 Å². The number of imidazole rings is 1. The predicted molar refractivity (Wildman–Crippen MR) is 105 cm³/mol. The number of rotatable bonds is 6. The zero-order valence-electron chi connectivity index (χ0n) is 15.9. The summed E-state index contributed by atoms with van der Waals surface area (Å²) >= 11 is 0. The standard InChI is InChI=1S/C21H27N3O2/c1-15(8-7-11-21(2,3)26)24-13-12-22-19(24)17-14-16-9-5-6-10-18(16)23(4)20(17)25/h5-6,9-10,12-15,26H,7-8,11H2,1-4H3. The number of aryl methyl sites for hydroxylation is 1. The van der Waals surface area contributed by atoms with Gasteiger partial charge in [-0.2, -0.15) is 0 Å². The Balaban J connectivity index is 1.95. The second-order valence-corrected chi connectivity index (χ2v) is 7.69. The average Bonchev–Trinajstić information content (AvgIpc) is 3.06. The van der Waals surface area contributed by atoms with E-state index in [0.29, 0.717) is 11.4 Å². The van der Waals surface area contributed by atoms with Gasteiger partial charge in [-0.1, -0.05) is 18.2 Å². The summed E-state index contributed by atoms with van der Waals surface area (Å²) in [6.45, 7) is 5.79. The van der Waals surface area contributed by atoms with Crippen LogP contribution in [0.2, 0.25) is 0 Å². The lowest BCUT2D eigenvalue weighted by atomic mass is 9.99. The van der Waals surface area contributed by atoms with E-state index < -0.39 is 5.60 Å². The third kappa shape index (κ3) is 3.73. The lowest BCUT2D eigenvalue weighted by Gasteiger charge is -2.20. The summed E-state index contributed by atoms with van der Waals surface area (Å²) < 4.78 is 3.75. The van der Waals surface area contributed by atoms with E-state index in [2.05, 4.69) is 16.5 Å². The highest BCUT2D eigenvalue weighted by molar-refractivity contribution is 5.83. The average molecular weight is 353 g/mol. The Morgan fingerprint density at radius 3 is 2.73 bits per heavy atom. The third-order valence-corrected chi connectivity index (χ3v) is 4.93. The van der Waals surface area contributed by atoms with Gasteiger partial charge < -0.3 is 14.2 Å². The second kappa shape index (κ2) is 7.08. The summed E-state index contributed by atoms with van der Waals surface area (Å²) in [6, 6.07) is 10.0. The summed E-state index contributed by atoms with van der Waals surface area (Å²) in [5.41, 5.74) is 0.842. The SMILES string of the molecule is CC(CCCC(C)(C)O)n1ccnc1-c1cc2ccccc2n(C)c1=O. The Morgan fingerprint density at radius 1 is 1.27 bits per heavy atom. The van der Waals surface area contributed by atoms with E-state index in [-0.39, 0.29) is 11.6 Å². The van der Waals surface area contributed by atoms with E-state index in [9.17, 15) is 9.90 Å². The van der Waals surface area contributed by atoms with Crippen LogP contribution < -0.4 is 5.56 Å². The molecule has 0 aliphatic rings. The molecule has 0 spiro atoms. The minimum absolute atomic E-state index is 0.0418. The van der Waals surface area contributed by atoms with Crippen LogP contribution in [0.4, 0.5) is 0 Å². The Hall–Kier alpha value is -2.40. The fourth-order valence-electron chi connectivity index (χ4n) is 3.43. The number of hydrogen-bond donors (Lipinski definition) is 1. The predicted octanol–water partition coefficient (Wildman–Crippen LogP) is 3.90. The van der Waals surface area contributed by atoms with E-state index in [4.69, 9.17) is 0 Å². The minimum atomic E-state index is -0.647. The summed E-state index contributed by atoms with van der Waals surface area (Å²) in [5, 5.41) is 10.9. The zero-order valence-corrected chi connectivity index (χ0v) is 15.9. The molecule has 3 aromatic rings. The van der Waals surface area contributed by atoms with Crippen molar-refractivity contribution in [1.29, 1.82) is 0 Å². The van der Waals surface area contributed by atoms with Crippen molar-refractivity contribution in [2.75, 3.05) is 0 Å². The minimum Gasteiger partial charge on any atom is -0.390 e. The number of para-hydroxylation sites is 1. The van der Waals surface area contributed by atoms with Gasteiger partial charge in [0.25, 0.3) is 5.56 Å². The molecule has 3 rings (SSSR count). The van der Waals surface area contributed by atoms with Crippen molar-refractivity contribution in [2.24, 2.45) is 7.05 Å². The van der Waals surface area contributed by atoms with Crippen molar-refractivity contribution in [2.45, 2.75) is 51.7 Å². The van der Waals surface area contributed by atoms with Gasteiger partial charge >= 0.3 is 0 Å². The topological polar surface area (TPSA) is 60.0 Å². The van der Waals surface area contributed by atoms with Crippen molar-refractivity contribution < 1.29 is 5.11 Å². The van der Waals surface area contributed by atoms with Crippen molar-refractivity contribution >= 4 is 10.9 Å². The molecule has 0 saturated heterocycles. The highest BCUT2D eigenvalue weighted by atomic mass is 16.3. The summed E-state index contributed by atoms with van der Waals surface area (Å²) in [6.07, 6.45) is 6.26. The number of benzene rings is 1. The van der Waals surface area contributed by atoms with Crippen LogP contribution in [0.15, 0.2) is 47.5 Å². The summed E-state index contributed by atoms with van der Waals surface area (Å²) in [4.78, 5) is 17.4. The number of hydrogen-bond acceptors (Lipinski definition) is 3. The smallest absolute Gasteiger partial charge is 0.261 e. The maximum atomic E-state index is 12.9. The van der Waals surface area contributed by atoms with Crippen molar-refractivity contribution in [3.63, 3.8) is 0 Å². The first-order valence-electron chi connectivity index (χ1n) is 9.12. The molecule has 0 amide bonds. The molecule has 1 aromatic carbocycles. The van der Waals surface area contributed by atoms with Crippen LogP contribution in [-0.4, -0.2) is 24.8 Å². The molecule has 1 atom stereocenters. The first-order valence-corrected chi connectivity index (χ1v) is 9.12. The monoisotopic (exact) mass is 353 g/mol. The molecule has 0 radical (unpaired) electrons. The number of fused-ring (bicyclic) bond motifs is 1. The van der Waals surface area contributed by atoms with Gasteiger partial charge in [0.15, 0.2) is 0 Å². The number of nitrogens with zero attached hydrogens (tertiary/aromatic N) is 3. The van der Waals surface area contributed by atoms with Gasteiger partial charge in [-0.3, -0.25) is 4.79 Å². The Kier molecular flexibility index (Phi) is 5.01. The van der Waals surface area contributed by atoms with Gasteiger partial charge in [0.05, 0.1) is 16.7 Å². The maximum Gasteiger partial charge on any atom is 0.261 e. The molecule has 2 aromatic heterocycles. The first kappa shape index (κ1) is 18.4. The molecular formula is C21H27N3O2. The van der Waals surface area contributed by atoms with Gasteiger partial charge in [-0.25, -0.2) is 4.98 Å². The fraction of sp³-hybridized carbons (Fsp3) is 0.429. The number of pyridine rings is 1. The highest BCUT2D eigenvalue weighted by Crippen LogP contribution is 2.25. The van der Waals surface area contributed by atoms with Gasteiger partial charge in [0.1, 0.15) is 5.82 Å². The fourth-order valence-corrected chi connectivity index (χ4v) is 3.43. The molecule has 0 bridgehead atoms. The largest absolute Gasteiger partial charge is 0.390 e. The van der Waals surface area contributed by atoms with Gasteiger partial charge in [-0.05, 0) is 57.6 Å². The molecule has 0 fully saturated rings. The lowest BCUT2D eigenvalue weighted by molar-refractivity contribution is 0.0672. The molecule has 1 N–H and O–H groups in total. The third-order valence-electron chi connectivity index (χ3n) is 4.93. The molecule has 5 heteroatoms. The van der Waals surface area contributed by atoms with Crippen LogP contribution in [-0.2, 0) is 7.05 Å². The van der Waals surface area contributed by atoms with Crippen LogP contribution in [0.3, 0.4) is 0 Å². The summed E-state index contributed by atoms with van der Waals surface area (Å²) in [7, 11) is 1.80. The van der Waals surface area contributed by atoms with E-state index in [1.54, 1.807) is 17.8 Å². The van der Waals surface area contributed by atoms with Crippen LogP contribution in [0, 0.1) is 0 Å². The van der Waals surface area contributed by atoms with Crippen LogP contribution in [0.5, 0.6) is 0 Å². The van der Waals surface area contributed by atoms with Crippen LogP contribution in [0.1, 0.15) is 46.1 Å². The van der Waals surface area contributed by atoms with Gasteiger partial charge in [0, 0.05) is 25.5 Å². The second-order valence-electron chi connectivity index (χ2n) is 7.69. The molecule has 0 aliphatic carbocycles. The van der Waals surface area contributed by atoms with Gasteiger partial charge in [-0.15, -0.1) is 0 Å². The molecular weight excluding hydrogens is 326 g/mol. The molecule has 26 heavy (non-hydrogen) atoms. The van der Waals surface area contributed by atoms with Crippen LogP contribution in [0.25, 0.3) is 22.3 Å². The lowest BCUT2D eigenvalue weighted by Crippen LogP contribution is -2.21.